The number of rotatable bonds is 9. The smallest absolute Gasteiger partial charge is 0.264 e. The van der Waals surface area contributed by atoms with Gasteiger partial charge in [0.2, 0.25) is 0 Å². The van der Waals surface area contributed by atoms with Crippen LogP contribution in [0.2, 0.25) is 10.3 Å². The monoisotopic (exact) mass is 700 g/mol. The van der Waals surface area contributed by atoms with E-state index in [-0.39, 0.29) is 22.6 Å². The molecule has 6 aromatic rings. The molecule has 4 aromatic carbocycles. The van der Waals surface area contributed by atoms with E-state index in [0.717, 1.165) is 22.1 Å². The first-order valence-corrected chi connectivity index (χ1v) is 17.4. The summed E-state index contributed by atoms with van der Waals surface area (Å²) in [6, 6.07) is 33.1. The molecule has 9 nitrogen and oxygen atoms in total. The molecule has 1 saturated heterocycles. The number of sulfonamides is 1. The van der Waals surface area contributed by atoms with Crippen LogP contribution in [0.15, 0.2) is 127 Å². The molecular formula is C36H30Cl2N4O5S. The summed E-state index contributed by atoms with van der Waals surface area (Å²) >= 11 is 12.7. The average Bonchev–Trinajstić information content (AvgIpc) is 3.43. The molecule has 7 rings (SSSR count). The van der Waals surface area contributed by atoms with E-state index in [9.17, 15) is 13.5 Å². The molecule has 2 N–H and O–H groups in total. The fourth-order valence-electron chi connectivity index (χ4n) is 6.08. The van der Waals surface area contributed by atoms with Crippen molar-refractivity contribution in [1.29, 1.82) is 0 Å². The number of anilines is 1. The van der Waals surface area contributed by atoms with E-state index in [1.54, 1.807) is 47.4 Å². The van der Waals surface area contributed by atoms with Gasteiger partial charge >= 0.3 is 0 Å². The first-order chi connectivity index (χ1) is 23.3. The number of aliphatic hydroxyl groups is 1. The first-order valence-electron chi connectivity index (χ1n) is 15.2. The van der Waals surface area contributed by atoms with Crippen molar-refractivity contribution in [2.45, 2.75) is 42.5 Å². The minimum Gasteiger partial charge on any atom is -0.392 e. The number of benzene rings is 4. The van der Waals surface area contributed by atoms with Gasteiger partial charge in [-0.25, -0.2) is 13.4 Å². The Labute approximate surface area is 287 Å². The topological polar surface area (TPSA) is 116 Å². The highest BCUT2D eigenvalue weighted by Gasteiger charge is 2.42. The average molecular weight is 702 g/mol. The Hall–Kier alpha value is -4.29. The number of aliphatic hydroxyl groups excluding tert-OH is 1. The molecule has 0 spiro atoms. The largest absolute Gasteiger partial charge is 0.392 e. The van der Waals surface area contributed by atoms with E-state index >= 15 is 0 Å². The molecule has 1 fully saturated rings. The summed E-state index contributed by atoms with van der Waals surface area (Å²) in [6.45, 7) is 0.225. The summed E-state index contributed by atoms with van der Waals surface area (Å²) in [5, 5.41) is 10.9. The number of halogens is 2. The number of ether oxygens (including phenoxy) is 2. The maximum Gasteiger partial charge on any atom is 0.264 e. The number of aromatic nitrogens is 3. The zero-order valence-electron chi connectivity index (χ0n) is 25.4. The minimum atomic E-state index is -4.00. The van der Waals surface area contributed by atoms with Crippen LogP contribution in [0.4, 0.5) is 5.69 Å². The highest BCUT2D eigenvalue weighted by molar-refractivity contribution is 7.93. The maximum absolute atomic E-state index is 13.6. The minimum absolute atomic E-state index is 0.0733. The summed E-state index contributed by atoms with van der Waals surface area (Å²) < 4.78 is 45.2. The van der Waals surface area contributed by atoms with Gasteiger partial charge in [-0.3, -0.25) is 9.71 Å². The van der Waals surface area contributed by atoms with Crippen LogP contribution in [-0.2, 0) is 32.6 Å². The fraction of sp³-hybridized carbons (Fsp3) is 0.167. The third kappa shape index (κ3) is 6.55. The molecule has 0 aliphatic carbocycles. The Bertz CT molecular complexity index is 2160. The quantitative estimate of drug-likeness (QED) is 0.159. The Morgan fingerprint density at radius 3 is 2.31 bits per heavy atom. The van der Waals surface area contributed by atoms with Crippen molar-refractivity contribution in [3.63, 3.8) is 0 Å². The molecule has 48 heavy (non-hydrogen) atoms. The van der Waals surface area contributed by atoms with Gasteiger partial charge < -0.3 is 19.1 Å². The molecule has 1 aliphatic rings. The van der Waals surface area contributed by atoms with E-state index in [2.05, 4.69) is 14.7 Å². The molecule has 2 aromatic heterocycles. The molecule has 3 heterocycles. The van der Waals surface area contributed by atoms with E-state index in [0.29, 0.717) is 28.5 Å². The predicted molar refractivity (Wildman–Crippen MR) is 184 cm³/mol. The van der Waals surface area contributed by atoms with Gasteiger partial charge in [0.1, 0.15) is 10.0 Å². The highest BCUT2D eigenvalue weighted by atomic mass is 35.5. The van der Waals surface area contributed by atoms with E-state index < -0.39 is 28.5 Å². The van der Waals surface area contributed by atoms with Crippen LogP contribution in [0.1, 0.15) is 40.6 Å². The van der Waals surface area contributed by atoms with Crippen molar-refractivity contribution in [3.8, 4) is 0 Å². The zero-order chi connectivity index (χ0) is 33.3. The molecule has 0 radical (unpaired) electrons. The van der Waals surface area contributed by atoms with Crippen molar-refractivity contribution < 1.29 is 23.0 Å². The number of pyridine rings is 1. The highest BCUT2D eigenvalue weighted by Crippen LogP contribution is 2.47. The molecule has 0 bridgehead atoms. The second-order valence-corrected chi connectivity index (χ2v) is 13.8. The lowest BCUT2D eigenvalue weighted by molar-refractivity contribution is -0.263. The summed E-state index contributed by atoms with van der Waals surface area (Å²) in [5.74, 6) is -0.291. The standard InChI is InChI=1S/C36H30Cl2N4O5S/c37-34-35(38)42(22-40-34)20-29-31(24-7-2-1-3-8-24)33(26-16-14-23(21-43)15-17-26)47-36(46-29)27-10-4-12-28(19-27)41-48(44,45)30-13-5-9-25-11-6-18-39-32(25)30/h1-19,22,29,31,33,36,41,43H,20-21H2/t29-,31-,33+,36?/m1/s1. The number of para-hydroxylation sites is 1. The number of nitrogens with one attached hydrogen (secondary N) is 1. The van der Waals surface area contributed by atoms with Gasteiger partial charge in [-0.1, -0.05) is 108 Å². The second-order valence-electron chi connectivity index (χ2n) is 11.4. The molecule has 1 unspecified atom stereocenters. The normalized spacial score (nSPS) is 19.7. The van der Waals surface area contributed by atoms with Crippen LogP contribution < -0.4 is 4.72 Å². The summed E-state index contributed by atoms with van der Waals surface area (Å²) in [6.07, 6.45) is 1.27. The lowest BCUT2D eigenvalue weighted by atomic mass is 9.83. The molecule has 4 atom stereocenters. The predicted octanol–water partition coefficient (Wildman–Crippen LogP) is 7.67. The number of nitrogens with zero attached hydrogens (tertiary/aromatic N) is 3. The van der Waals surface area contributed by atoms with Crippen molar-refractivity contribution >= 4 is 49.8 Å². The number of fused-ring (bicyclic) bond motifs is 1. The summed E-state index contributed by atoms with van der Waals surface area (Å²) in [7, 11) is -4.00. The van der Waals surface area contributed by atoms with Crippen molar-refractivity contribution in [3.05, 3.63) is 154 Å². The van der Waals surface area contributed by atoms with Crippen molar-refractivity contribution in [2.75, 3.05) is 4.72 Å². The molecule has 12 heteroatoms. The van der Waals surface area contributed by atoms with Crippen molar-refractivity contribution in [2.24, 2.45) is 0 Å². The number of hydrogen-bond donors (Lipinski definition) is 2. The van der Waals surface area contributed by atoms with Gasteiger partial charge in [-0.05, 0) is 41.0 Å². The van der Waals surface area contributed by atoms with Crippen molar-refractivity contribution in [1.82, 2.24) is 14.5 Å². The third-order valence-electron chi connectivity index (χ3n) is 8.38. The molecule has 0 saturated carbocycles. The Morgan fingerprint density at radius 2 is 1.56 bits per heavy atom. The van der Waals surface area contributed by atoms with E-state index in [4.69, 9.17) is 32.7 Å². The van der Waals surface area contributed by atoms with Crippen LogP contribution in [0.3, 0.4) is 0 Å². The van der Waals surface area contributed by atoms with Crippen LogP contribution >= 0.6 is 23.2 Å². The van der Waals surface area contributed by atoms with Crippen LogP contribution in [0.25, 0.3) is 10.9 Å². The fourth-order valence-corrected chi connectivity index (χ4v) is 7.62. The first kappa shape index (κ1) is 32.3. The van der Waals surface area contributed by atoms with Gasteiger partial charge in [0, 0.05) is 28.8 Å². The van der Waals surface area contributed by atoms with Gasteiger partial charge in [-0.15, -0.1) is 0 Å². The lowest BCUT2D eigenvalue weighted by Crippen LogP contribution is -2.39. The summed E-state index contributed by atoms with van der Waals surface area (Å²) in [5.41, 5.74) is 3.97. The molecule has 1 aliphatic heterocycles. The van der Waals surface area contributed by atoms with Crippen LogP contribution in [-0.4, -0.2) is 34.2 Å². The number of imidazole rings is 1. The van der Waals surface area contributed by atoms with Crippen LogP contribution in [0, 0.1) is 0 Å². The third-order valence-corrected chi connectivity index (χ3v) is 10.6. The van der Waals surface area contributed by atoms with Gasteiger partial charge in [-0.2, -0.15) is 0 Å². The molecule has 244 valence electrons. The SMILES string of the molecule is O=S(=O)(Nc1cccc(C2O[C@H](Cn3cnc(Cl)c3Cl)[C@@H](c3ccccc3)[C@H](c3ccc(CO)cc3)O2)c1)c1cccc2cccnc12. The molecular weight excluding hydrogens is 671 g/mol. The lowest BCUT2D eigenvalue weighted by Gasteiger charge is -2.43. The van der Waals surface area contributed by atoms with Gasteiger partial charge in [0.05, 0.1) is 37.2 Å². The zero-order valence-corrected chi connectivity index (χ0v) is 27.7. The number of hydrogen-bond acceptors (Lipinski definition) is 7. The second kappa shape index (κ2) is 13.7. The Balaban J connectivity index is 1.26. The summed E-state index contributed by atoms with van der Waals surface area (Å²) in [4.78, 5) is 8.55. The van der Waals surface area contributed by atoms with E-state index in [1.165, 1.54) is 6.07 Å². The van der Waals surface area contributed by atoms with Gasteiger partial charge in [0.25, 0.3) is 10.0 Å². The van der Waals surface area contributed by atoms with Crippen LogP contribution in [0.5, 0.6) is 0 Å². The molecule has 0 amide bonds. The maximum atomic E-state index is 13.6. The Morgan fingerprint density at radius 1 is 0.812 bits per heavy atom. The van der Waals surface area contributed by atoms with Gasteiger partial charge in [0.15, 0.2) is 11.4 Å². The Kier molecular flexibility index (Phi) is 9.19. The van der Waals surface area contributed by atoms with E-state index in [1.807, 2.05) is 72.8 Å².